The summed E-state index contributed by atoms with van der Waals surface area (Å²) in [5.74, 6) is 1.19. The van der Waals surface area contributed by atoms with Crippen molar-refractivity contribution in [1.29, 1.82) is 0 Å². The van der Waals surface area contributed by atoms with Gasteiger partial charge in [-0.1, -0.05) is 6.07 Å². The summed E-state index contributed by atoms with van der Waals surface area (Å²) in [6.07, 6.45) is 0.694. The van der Waals surface area contributed by atoms with Crippen molar-refractivity contribution in [2.24, 2.45) is 0 Å². The van der Waals surface area contributed by atoms with Crippen molar-refractivity contribution >= 4 is 11.8 Å². The van der Waals surface area contributed by atoms with Crippen LogP contribution in [0.3, 0.4) is 0 Å². The maximum atomic E-state index is 12.6. The highest BCUT2D eigenvalue weighted by molar-refractivity contribution is 5.94. The number of nitrogens with zero attached hydrogens (tertiary/aromatic N) is 2. The summed E-state index contributed by atoms with van der Waals surface area (Å²) in [5, 5.41) is 9.58. The van der Waals surface area contributed by atoms with Crippen molar-refractivity contribution in [3.05, 3.63) is 54.1 Å². The van der Waals surface area contributed by atoms with E-state index in [4.69, 9.17) is 9.47 Å². The molecule has 2 amide bonds. The Labute approximate surface area is 170 Å². The topological polar surface area (TPSA) is 79.3 Å². The van der Waals surface area contributed by atoms with Crippen molar-refractivity contribution in [3.8, 4) is 17.2 Å². The third kappa shape index (κ3) is 5.63. The number of phenols is 1. The number of aromatic hydroxyl groups is 1. The highest BCUT2D eigenvalue weighted by Gasteiger charge is 2.23. The second-order valence-electron chi connectivity index (χ2n) is 6.77. The Kier molecular flexibility index (Phi) is 6.94. The van der Waals surface area contributed by atoms with Crippen molar-refractivity contribution in [2.75, 3.05) is 39.4 Å². The number of carbonyl (C=O) groups is 2. The van der Waals surface area contributed by atoms with E-state index in [-0.39, 0.29) is 24.2 Å². The lowest BCUT2D eigenvalue weighted by molar-refractivity contribution is -0.133. The van der Waals surface area contributed by atoms with Gasteiger partial charge in [-0.2, -0.15) is 0 Å². The normalized spacial score (nSPS) is 14.2. The van der Waals surface area contributed by atoms with Gasteiger partial charge < -0.3 is 24.4 Å². The van der Waals surface area contributed by atoms with E-state index < -0.39 is 0 Å². The zero-order valence-corrected chi connectivity index (χ0v) is 16.5. The van der Waals surface area contributed by atoms with Crippen LogP contribution in [-0.4, -0.2) is 66.1 Å². The van der Waals surface area contributed by atoms with Crippen LogP contribution in [0.1, 0.15) is 23.7 Å². The molecular weight excluding hydrogens is 372 g/mol. The second-order valence-corrected chi connectivity index (χ2v) is 6.77. The number of hydrogen-bond acceptors (Lipinski definition) is 5. The molecule has 1 N–H and O–H groups in total. The van der Waals surface area contributed by atoms with E-state index >= 15 is 0 Å². The number of phenolic OH excluding ortho intramolecular Hbond substituents is 1. The molecule has 29 heavy (non-hydrogen) atoms. The predicted molar refractivity (Wildman–Crippen MR) is 108 cm³/mol. The first-order valence-electron chi connectivity index (χ1n) is 9.78. The maximum Gasteiger partial charge on any atom is 0.260 e. The minimum absolute atomic E-state index is 0.0471. The molecule has 1 heterocycles. The van der Waals surface area contributed by atoms with Gasteiger partial charge in [0.25, 0.3) is 11.8 Å². The largest absolute Gasteiger partial charge is 0.508 e. The minimum atomic E-state index is -0.138. The van der Waals surface area contributed by atoms with E-state index in [9.17, 15) is 14.7 Å². The van der Waals surface area contributed by atoms with Crippen molar-refractivity contribution < 1.29 is 24.2 Å². The summed E-state index contributed by atoms with van der Waals surface area (Å²) in [6.45, 7) is 4.52. The average Bonchev–Trinajstić information content (AvgIpc) is 2.99. The fourth-order valence-electron chi connectivity index (χ4n) is 3.23. The maximum absolute atomic E-state index is 12.6. The van der Waals surface area contributed by atoms with E-state index in [0.717, 1.165) is 5.75 Å². The molecule has 0 spiro atoms. The molecule has 1 fully saturated rings. The van der Waals surface area contributed by atoms with Crippen LogP contribution in [0.5, 0.6) is 17.2 Å². The monoisotopic (exact) mass is 398 g/mol. The fourth-order valence-corrected chi connectivity index (χ4v) is 3.23. The molecule has 1 aliphatic rings. The summed E-state index contributed by atoms with van der Waals surface area (Å²) in [6, 6.07) is 13.5. The molecule has 1 saturated heterocycles. The quantitative estimate of drug-likeness (QED) is 0.809. The van der Waals surface area contributed by atoms with Gasteiger partial charge in [-0.25, -0.2) is 0 Å². The van der Waals surface area contributed by atoms with Crippen LogP contribution in [0.25, 0.3) is 0 Å². The molecule has 2 aromatic rings. The van der Waals surface area contributed by atoms with Crippen LogP contribution < -0.4 is 9.47 Å². The summed E-state index contributed by atoms with van der Waals surface area (Å²) in [7, 11) is 0. The number of rotatable bonds is 6. The highest BCUT2D eigenvalue weighted by Crippen LogP contribution is 2.18. The van der Waals surface area contributed by atoms with Crippen molar-refractivity contribution in [2.45, 2.75) is 13.3 Å². The molecule has 0 atom stereocenters. The fraction of sp³-hybridized carbons (Fsp3) is 0.364. The molecule has 0 aromatic heterocycles. The molecule has 7 nitrogen and oxygen atoms in total. The molecule has 0 saturated carbocycles. The Bertz CT molecular complexity index is 837. The summed E-state index contributed by atoms with van der Waals surface area (Å²) in [5.41, 5.74) is 0.448. The Balaban J connectivity index is 1.50. The zero-order chi connectivity index (χ0) is 20.6. The number of amides is 2. The molecule has 7 heteroatoms. The highest BCUT2D eigenvalue weighted by atomic mass is 16.5. The van der Waals surface area contributed by atoms with Gasteiger partial charge in [-0.15, -0.1) is 0 Å². The third-order valence-corrected chi connectivity index (χ3v) is 4.73. The Hall–Kier alpha value is -3.22. The third-order valence-electron chi connectivity index (χ3n) is 4.73. The summed E-state index contributed by atoms with van der Waals surface area (Å²) < 4.78 is 11.0. The summed E-state index contributed by atoms with van der Waals surface area (Å²) in [4.78, 5) is 28.6. The van der Waals surface area contributed by atoms with E-state index in [2.05, 4.69) is 0 Å². The molecule has 3 rings (SSSR count). The first-order valence-corrected chi connectivity index (χ1v) is 9.78. The van der Waals surface area contributed by atoms with E-state index in [1.165, 1.54) is 12.1 Å². The second kappa shape index (κ2) is 9.82. The number of benzene rings is 2. The molecule has 0 aliphatic carbocycles. The molecule has 1 aliphatic heterocycles. The van der Waals surface area contributed by atoms with E-state index in [1.807, 2.05) is 6.92 Å². The first-order chi connectivity index (χ1) is 14.1. The predicted octanol–water partition coefficient (Wildman–Crippen LogP) is 2.54. The van der Waals surface area contributed by atoms with Crippen LogP contribution in [0, 0.1) is 0 Å². The van der Waals surface area contributed by atoms with Crippen LogP contribution in [0.15, 0.2) is 48.5 Å². The Morgan fingerprint density at radius 3 is 2.28 bits per heavy atom. The van der Waals surface area contributed by atoms with E-state index in [1.54, 1.807) is 46.2 Å². The van der Waals surface area contributed by atoms with Crippen molar-refractivity contribution in [1.82, 2.24) is 9.80 Å². The van der Waals surface area contributed by atoms with E-state index in [0.29, 0.717) is 50.5 Å². The average molecular weight is 398 g/mol. The number of ether oxygens (including phenoxy) is 2. The van der Waals surface area contributed by atoms with Gasteiger partial charge in [0, 0.05) is 31.7 Å². The summed E-state index contributed by atoms with van der Waals surface area (Å²) >= 11 is 0. The number of carbonyl (C=O) groups excluding carboxylic acids is 2. The zero-order valence-electron chi connectivity index (χ0n) is 16.5. The van der Waals surface area contributed by atoms with Crippen molar-refractivity contribution in [3.63, 3.8) is 0 Å². The lowest BCUT2D eigenvalue weighted by Crippen LogP contribution is -2.39. The molecule has 2 aromatic carbocycles. The first kappa shape index (κ1) is 20.5. The smallest absolute Gasteiger partial charge is 0.260 e. The van der Waals surface area contributed by atoms with Gasteiger partial charge in [0.1, 0.15) is 17.2 Å². The van der Waals surface area contributed by atoms with Gasteiger partial charge in [0.2, 0.25) is 0 Å². The van der Waals surface area contributed by atoms with Gasteiger partial charge >= 0.3 is 0 Å². The Morgan fingerprint density at radius 2 is 1.59 bits per heavy atom. The SMILES string of the molecule is CCOc1ccc(OCC(=O)N2CCCN(C(=O)c3cccc(O)c3)CC2)cc1. The van der Waals surface area contributed by atoms with Crippen LogP contribution in [0.4, 0.5) is 0 Å². The standard InChI is InChI=1S/C22H26N2O5/c1-2-28-19-7-9-20(10-8-19)29-16-21(26)23-11-4-12-24(14-13-23)22(27)17-5-3-6-18(25)15-17/h3,5-10,15,25H,2,4,11-14,16H2,1H3. The molecule has 0 unspecified atom stereocenters. The Morgan fingerprint density at radius 1 is 0.931 bits per heavy atom. The van der Waals surface area contributed by atoms with Gasteiger partial charge in [-0.05, 0) is 55.8 Å². The molecule has 0 radical (unpaired) electrons. The van der Waals surface area contributed by atoms with Crippen LogP contribution in [0.2, 0.25) is 0 Å². The lowest BCUT2D eigenvalue weighted by atomic mass is 10.2. The van der Waals surface area contributed by atoms with Crippen LogP contribution >= 0.6 is 0 Å². The van der Waals surface area contributed by atoms with Gasteiger partial charge in [-0.3, -0.25) is 9.59 Å². The van der Waals surface area contributed by atoms with Gasteiger partial charge in [0.15, 0.2) is 6.61 Å². The van der Waals surface area contributed by atoms with Gasteiger partial charge in [0.05, 0.1) is 6.61 Å². The molecule has 0 bridgehead atoms. The molecular formula is C22H26N2O5. The minimum Gasteiger partial charge on any atom is -0.508 e. The molecule has 154 valence electrons. The number of hydrogen-bond donors (Lipinski definition) is 1. The van der Waals surface area contributed by atoms with Crippen LogP contribution in [-0.2, 0) is 4.79 Å². The lowest BCUT2D eigenvalue weighted by Gasteiger charge is -2.22.